The fourth-order valence-corrected chi connectivity index (χ4v) is 2.30. The van der Waals surface area contributed by atoms with Gasteiger partial charge in [-0.3, -0.25) is 4.79 Å². The standard InChI is InChI=1S/C16H17F6NO5/c1-4-9-10(26-2)7-8(5-6-23-13(24)15(17,18)19)11(27-3)12(9)28-14(25)16(20,21)22/h7H,4-6H2,1-3H3,(H,23,24). The number of methoxy groups -OCH3 is 2. The highest BCUT2D eigenvalue weighted by Crippen LogP contribution is 2.42. The van der Waals surface area contributed by atoms with E-state index in [1.165, 1.54) is 13.2 Å². The van der Waals surface area contributed by atoms with Crippen molar-refractivity contribution in [3.05, 3.63) is 17.2 Å². The minimum Gasteiger partial charge on any atom is -0.496 e. The molecule has 0 aliphatic heterocycles. The average molecular weight is 417 g/mol. The number of halogens is 6. The topological polar surface area (TPSA) is 73.9 Å². The first-order valence-electron chi connectivity index (χ1n) is 7.77. The summed E-state index contributed by atoms with van der Waals surface area (Å²) in [5.41, 5.74) is 0.170. The van der Waals surface area contributed by atoms with Gasteiger partial charge in [-0.25, -0.2) is 4.79 Å². The molecule has 1 rings (SSSR count). The molecule has 0 aromatic heterocycles. The number of benzene rings is 1. The van der Waals surface area contributed by atoms with Crippen molar-refractivity contribution in [3.8, 4) is 17.2 Å². The number of carbonyl (C=O) groups is 2. The second-order valence-electron chi connectivity index (χ2n) is 5.32. The number of carbonyl (C=O) groups excluding carboxylic acids is 2. The van der Waals surface area contributed by atoms with Crippen LogP contribution in [0.15, 0.2) is 6.07 Å². The van der Waals surface area contributed by atoms with Crippen molar-refractivity contribution >= 4 is 11.9 Å². The van der Waals surface area contributed by atoms with E-state index in [1.54, 1.807) is 12.2 Å². The Bertz CT molecular complexity index is 730. The number of ether oxygens (including phenoxy) is 3. The average Bonchev–Trinajstić information content (AvgIpc) is 2.59. The van der Waals surface area contributed by atoms with Gasteiger partial charge in [-0.15, -0.1) is 0 Å². The minimum absolute atomic E-state index is 0.0467. The first-order valence-corrected chi connectivity index (χ1v) is 7.77. The van der Waals surface area contributed by atoms with Gasteiger partial charge in [0.05, 0.1) is 14.2 Å². The predicted molar refractivity (Wildman–Crippen MR) is 83.4 cm³/mol. The maximum atomic E-state index is 12.6. The lowest BCUT2D eigenvalue weighted by molar-refractivity contribution is -0.189. The van der Waals surface area contributed by atoms with E-state index in [-0.39, 0.29) is 35.5 Å². The van der Waals surface area contributed by atoms with Gasteiger partial charge in [0.15, 0.2) is 11.5 Å². The summed E-state index contributed by atoms with van der Waals surface area (Å²) in [4.78, 5) is 22.1. The van der Waals surface area contributed by atoms with Crippen molar-refractivity contribution in [2.75, 3.05) is 20.8 Å². The molecule has 1 aromatic rings. The van der Waals surface area contributed by atoms with Gasteiger partial charge in [-0.1, -0.05) is 6.92 Å². The van der Waals surface area contributed by atoms with Crippen molar-refractivity contribution in [2.45, 2.75) is 32.1 Å². The van der Waals surface area contributed by atoms with Crippen molar-refractivity contribution in [1.29, 1.82) is 0 Å². The molecule has 1 amide bonds. The summed E-state index contributed by atoms with van der Waals surface area (Å²) in [5, 5.41) is 1.62. The van der Waals surface area contributed by atoms with Crippen LogP contribution in [0.4, 0.5) is 26.3 Å². The summed E-state index contributed by atoms with van der Waals surface area (Å²) in [5.74, 6) is -5.46. The third-order valence-corrected chi connectivity index (χ3v) is 3.52. The molecule has 158 valence electrons. The van der Waals surface area contributed by atoms with E-state index in [4.69, 9.17) is 9.47 Å². The van der Waals surface area contributed by atoms with E-state index < -0.39 is 36.5 Å². The number of amides is 1. The molecule has 0 heterocycles. The van der Waals surface area contributed by atoms with E-state index in [0.29, 0.717) is 0 Å². The normalized spacial score (nSPS) is 11.8. The number of hydrogen-bond donors (Lipinski definition) is 1. The molecule has 0 unspecified atom stereocenters. The Kier molecular flexibility index (Phi) is 7.53. The van der Waals surface area contributed by atoms with Crippen molar-refractivity contribution in [2.24, 2.45) is 0 Å². The molecular formula is C16H17F6NO5. The van der Waals surface area contributed by atoms with Crippen LogP contribution in [-0.2, 0) is 22.4 Å². The Morgan fingerprint density at radius 2 is 1.61 bits per heavy atom. The summed E-state index contributed by atoms with van der Waals surface area (Å²) in [6, 6.07) is 1.32. The summed E-state index contributed by atoms with van der Waals surface area (Å²) < 4.78 is 89.0. The number of rotatable bonds is 7. The van der Waals surface area contributed by atoms with Crippen LogP contribution in [0.3, 0.4) is 0 Å². The fourth-order valence-electron chi connectivity index (χ4n) is 2.30. The molecule has 0 saturated heterocycles. The maximum Gasteiger partial charge on any atom is 0.491 e. The van der Waals surface area contributed by atoms with Crippen LogP contribution in [0.2, 0.25) is 0 Å². The molecule has 0 saturated carbocycles. The van der Waals surface area contributed by atoms with Gasteiger partial charge in [-0.2, -0.15) is 26.3 Å². The number of hydrogen-bond acceptors (Lipinski definition) is 5. The summed E-state index contributed by atoms with van der Waals surface area (Å²) in [7, 11) is 2.30. The van der Waals surface area contributed by atoms with Crippen LogP contribution in [0.1, 0.15) is 18.1 Å². The van der Waals surface area contributed by atoms with Crippen molar-refractivity contribution < 1.29 is 50.1 Å². The van der Waals surface area contributed by atoms with Crippen LogP contribution >= 0.6 is 0 Å². The highest BCUT2D eigenvalue weighted by Gasteiger charge is 2.42. The van der Waals surface area contributed by atoms with Gasteiger partial charge in [0.1, 0.15) is 5.75 Å². The lowest BCUT2D eigenvalue weighted by Gasteiger charge is -2.20. The molecule has 0 atom stereocenters. The second-order valence-corrected chi connectivity index (χ2v) is 5.32. The first kappa shape index (κ1) is 23.4. The highest BCUT2D eigenvalue weighted by atomic mass is 19.4. The summed E-state index contributed by atoms with van der Waals surface area (Å²) >= 11 is 0. The zero-order valence-electron chi connectivity index (χ0n) is 15.0. The molecule has 28 heavy (non-hydrogen) atoms. The van der Waals surface area contributed by atoms with Gasteiger partial charge in [0.2, 0.25) is 0 Å². The van der Waals surface area contributed by atoms with E-state index >= 15 is 0 Å². The number of nitrogens with one attached hydrogen (secondary N) is 1. The third-order valence-electron chi connectivity index (χ3n) is 3.52. The van der Waals surface area contributed by atoms with Gasteiger partial charge in [0, 0.05) is 17.7 Å². The lowest BCUT2D eigenvalue weighted by atomic mass is 10.0. The molecule has 0 radical (unpaired) electrons. The van der Waals surface area contributed by atoms with Crippen molar-refractivity contribution in [1.82, 2.24) is 5.32 Å². The van der Waals surface area contributed by atoms with E-state index in [1.807, 2.05) is 0 Å². The largest absolute Gasteiger partial charge is 0.496 e. The molecule has 0 fully saturated rings. The molecule has 1 aromatic carbocycles. The maximum absolute atomic E-state index is 12.6. The first-order chi connectivity index (χ1) is 12.9. The smallest absolute Gasteiger partial charge is 0.491 e. The van der Waals surface area contributed by atoms with Crippen LogP contribution in [0.5, 0.6) is 17.2 Å². The Hall–Kier alpha value is -2.66. The van der Waals surface area contributed by atoms with Gasteiger partial charge in [-0.05, 0) is 18.9 Å². The van der Waals surface area contributed by atoms with E-state index in [2.05, 4.69) is 4.74 Å². The molecular weight excluding hydrogens is 400 g/mol. The Balaban J connectivity index is 3.28. The van der Waals surface area contributed by atoms with Crippen LogP contribution in [0.25, 0.3) is 0 Å². The van der Waals surface area contributed by atoms with Crippen LogP contribution in [0, 0.1) is 0 Å². The van der Waals surface area contributed by atoms with Gasteiger partial charge >= 0.3 is 24.2 Å². The lowest BCUT2D eigenvalue weighted by Crippen LogP contribution is -2.37. The highest BCUT2D eigenvalue weighted by molar-refractivity contribution is 5.82. The van der Waals surface area contributed by atoms with Crippen molar-refractivity contribution in [3.63, 3.8) is 0 Å². The van der Waals surface area contributed by atoms with Crippen LogP contribution in [-0.4, -0.2) is 45.0 Å². The Morgan fingerprint density at radius 1 is 1.00 bits per heavy atom. The molecule has 0 spiro atoms. The molecule has 0 aliphatic rings. The fraction of sp³-hybridized carbons (Fsp3) is 0.500. The zero-order valence-corrected chi connectivity index (χ0v) is 15.0. The quantitative estimate of drug-likeness (QED) is 0.420. The van der Waals surface area contributed by atoms with E-state index in [0.717, 1.165) is 7.11 Å². The molecule has 6 nitrogen and oxygen atoms in total. The Labute approximate surface area is 155 Å². The molecule has 1 N–H and O–H groups in total. The van der Waals surface area contributed by atoms with E-state index in [9.17, 15) is 35.9 Å². The van der Waals surface area contributed by atoms with Gasteiger partial charge < -0.3 is 19.5 Å². The van der Waals surface area contributed by atoms with Crippen LogP contribution < -0.4 is 19.5 Å². The minimum atomic E-state index is -5.28. The molecule has 12 heteroatoms. The molecule has 0 aliphatic carbocycles. The Morgan fingerprint density at radius 3 is 2.04 bits per heavy atom. The number of esters is 1. The second kappa shape index (κ2) is 9.02. The third kappa shape index (κ3) is 5.67. The molecule has 0 bridgehead atoms. The van der Waals surface area contributed by atoms with Gasteiger partial charge in [0.25, 0.3) is 0 Å². The summed E-state index contributed by atoms with van der Waals surface area (Å²) in [6.07, 6.45) is -10.5. The monoisotopic (exact) mass is 417 g/mol. The zero-order chi connectivity index (χ0) is 21.7. The SMILES string of the molecule is CCc1c(OC)cc(CCNC(=O)C(F)(F)F)c(OC)c1OC(=O)C(F)(F)F. The summed E-state index contributed by atoms with van der Waals surface area (Å²) in [6.45, 7) is 1.06. The predicted octanol–water partition coefficient (Wildman–Crippen LogP) is 2.95. The number of alkyl halides is 6.